The second-order valence-corrected chi connectivity index (χ2v) is 3.67. The van der Waals surface area contributed by atoms with E-state index in [0.29, 0.717) is 0 Å². The van der Waals surface area contributed by atoms with E-state index in [-0.39, 0.29) is 13.1 Å². The summed E-state index contributed by atoms with van der Waals surface area (Å²) in [5.41, 5.74) is 0. The summed E-state index contributed by atoms with van der Waals surface area (Å²) in [6.45, 7) is 3.76. The molecule has 12 heavy (non-hydrogen) atoms. The Kier molecular flexibility index (Phi) is 3.98. The molecule has 0 saturated carbocycles. The molecule has 0 radical (unpaired) electrons. The van der Waals surface area contributed by atoms with E-state index < -0.39 is 16.3 Å². The molecule has 1 amide bonds. The molecule has 0 atom stereocenters. The number of hydrogen-bond acceptors (Lipinski definition) is 3. The molecule has 72 valence electrons. The molecule has 0 heterocycles. The molecule has 0 aliphatic heterocycles. The fourth-order valence-electron chi connectivity index (χ4n) is 0.738. The Bertz CT molecular complexity index is 244. The highest BCUT2D eigenvalue weighted by Crippen LogP contribution is 1.95. The lowest BCUT2D eigenvalue weighted by Gasteiger charge is -2.16. The molecule has 0 bridgehead atoms. The van der Waals surface area contributed by atoms with Gasteiger partial charge in [0.05, 0.1) is 0 Å². The first-order valence-electron chi connectivity index (χ1n) is 3.44. The quantitative estimate of drug-likeness (QED) is 0.654. The molecule has 7 heteroatoms. The van der Waals surface area contributed by atoms with Crippen molar-refractivity contribution >= 4 is 16.3 Å². The summed E-state index contributed by atoms with van der Waals surface area (Å²) in [4.78, 5) is 10.0. The van der Waals surface area contributed by atoms with Crippen LogP contribution in [0.15, 0.2) is 0 Å². The van der Waals surface area contributed by atoms with E-state index >= 15 is 0 Å². The number of nitrogens with zero attached hydrogens (tertiary/aromatic N) is 1. The summed E-state index contributed by atoms with van der Waals surface area (Å²) in [5.74, 6) is 0. The highest BCUT2D eigenvalue weighted by atomic mass is 32.2. The standard InChI is InChI=1S/C5H12N2O4S/c1-3-7(4-2)12(10,11)6-5(8)9/h6H,3-4H2,1-2H3,(H,8,9). The maximum absolute atomic E-state index is 11.0. The second-order valence-electron chi connectivity index (χ2n) is 2.00. The van der Waals surface area contributed by atoms with Crippen LogP contribution in [0.3, 0.4) is 0 Å². The molecule has 0 aromatic heterocycles. The number of rotatable bonds is 4. The van der Waals surface area contributed by atoms with Crippen molar-refractivity contribution in [1.82, 2.24) is 9.03 Å². The average Bonchev–Trinajstić information content (AvgIpc) is 1.85. The zero-order chi connectivity index (χ0) is 9.78. The van der Waals surface area contributed by atoms with Crippen LogP contribution in [-0.4, -0.2) is 37.0 Å². The Morgan fingerprint density at radius 1 is 1.42 bits per heavy atom. The second kappa shape index (κ2) is 4.27. The molecule has 0 aromatic carbocycles. The van der Waals surface area contributed by atoms with Gasteiger partial charge in [-0.05, 0) is 0 Å². The monoisotopic (exact) mass is 196 g/mol. The zero-order valence-corrected chi connectivity index (χ0v) is 7.76. The lowest BCUT2D eigenvalue weighted by Crippen LogP contribution is -2.42. The van der Waals surface area contributed by atoms with Crippen LogP contribution >= 0.6 is 0 Å². The van der Waals surface area contributed by atoms with Crippen molar-refractivity contribution < 1.29 is 18.3 Å². The summed E-state index contributed by atoms with van der Waals surface area (Å²) in [6, 6.07) is 0. The SMILES string of the molecule is CCN(CC)S(=O)(=O)NC(=O)O. The lowest BCUT2D eigenvalue weighted by molar-refractivity contribution is 0.200. The Balaban J connectivity index is 4.48. The first-order valence-corrected chi connectivity index (χ1v) is 4.88. The molecule has 0 rings (SSSR count). The fraction of sp³-hybridized carbons (Fsp3) is 0.800. The van der Waals surface area contributed by atoms with Gasteiger partial charge in [0.1, 0.15) is 0 Å². The molecule has 2 N–H and O–H groups in total. The minimum absolute atomic E-state index is 0.249. The van der Waals surface area contributed by atoms with Gasteiger partial charge >= 0.3 is 16.3 Å². The van der Waals surface area contributed by atoms with Gasteiger partial charge in [0, 0.05) is 13.1 Å². The highest BCUT2D eigenvalue weighted by molar-refractivity contribution is 7.87. The maximum atomic E-state index is 11.0. The van der Waals surface area contributed by atoms with E-state index in [1.807, 2.05) is 0 Å². The van der Waals surface area contributed by atoms with Crippen LogP contribution < -0.4 is 4.72 Å². The summed E-state index contributed by atoms with van der Waals surface area (Å²) >= 11 is 0. The third kappa shape index (κ3) is 3.05. The molecule has 0 fully saturated rings. The average molecular weight is 196 g/mol. The Labute approximate surface area is 71.4 Å². The van der Waals surface area contributed by atoms with Crippen LogP contribution in [0.5, 0.6) is 0 Å². The molecule has 0 unspecified atom stereocenters. The van der Waals surface area contributed by atoms with Gasteiger partial charge in [0.15, 0.2) is 0 Å². The molecule has 0 aliphatic carbocycles. The predicted molar refractivity (Wildman–Crippen MR) is 43.0 cm³/mol. The Morgan fingerprint density at radius 2 is 1.83 bits per heavy atom. The number of nitrogens with one attached hydrogen (secondary N) is 1. The first kappa shape index (κ1) is 11.2. The van der Waals surface area contributed by atoms with Crippen LogP contribution in [0, 0.1) is 0 Å². The van der Waals surface area contributed by atoms with Crippen LogP contribution in [0.25, 0.3) is 0 Å². The zero-order valence-electron chi connectivity index (χ0n) is 6.94. The summed E-state index contributed by atoms with van der Waals surface area (Å²) in [7, 11) is -3.84. The van der Waals surface area contributed by atoms with Gasteiger partial charge in [-0.3, -0.25) is 0 Å². The number of carbonyl (C=O) groups is 1. The van der Waals surface area contributed by atoms with Crippen molar-refractivity contribution in [2.45, 2.75) is 13.8 Å². The van der Waals surface area contributed by atoms with E-state index in [4.69, 9.17) is 5.11 Å². The van der Waals surface area contributed by atoms with Crippen molar-refractivity contribution in [2.75, 3.05) is 13.1 Å². The van der Waals surface area contributed by atoms with Gasteiger partial charge in [-0.25, -0.2) is 9.52 Å². The van der Waals surface area contributed by atoms with Gasteiger partial charge in [-0.1, -0.05) is 13.8 Å². The van der Waals surface area contributed by atoms with Crippen molar-refractivity contribution in [3.8, 4) is 0 Å². The van der Waals surface area contributed by atoms with E-state index in [9.17, 15) is 13.2 Å². The fourth-order valence-corrected chi connectivity index (χ4v) is 1.77. The lowest BCUT2D eigenvalue weighted by atomic mass is 10.7. The minimum atomic E-state index is -3.84. The smallest absolute Gasteiger partial charge is 0.419 e. The van der Waals surface area contributed by atoms with Crippen LogP contribution in [0.4, 0.5) is 4.79 Å². The van der Waals surface area contributed by atoms with Gasteiger partial charge in [0.2, 0.25) is 0 Å². The largest absolute Gasteiger partial charge is 0.464 e. The van der Waals surface area contributed by atoms with Crippen LogP contribution in [0.2, 0.25) is 0 Å². The summed E-state index contributed by atoms with van der Waals surface area (Å²) < 4.78 is 24.5. The molecular weight excluding hydrogens is 184 g/mol. The molecule has 0 aliphatic rings. The van der Waals surface area contributed by atoms with Crippen molar-refractivity contribution in [1.29, 1.82) is 0 Å². The third-order valence-electron chi connectivity index (χ3n) is 1.26. The van der Waals surface area contributed by atoms with Crippen LogP contribution in [-0.2, 0) is 10.2 Å². The molecule has 6 nitrogen and oxygen atoms in total. The molecular formula is C5H12N2O4S. The summed E-state index contributed by atoms with van der Waals surface area (Å²) in [6.07, 6.45) is -1.57. The maximum Gasteiger partial charge on any atom is 0.419 e. The van der Waals surface area contributed by atoms with Gasteiger partial charge in [-0.2, -0.15) is 12.7 Å². The number of hydrogen-bond donors (Lipinski definition) is 2. The normalized spacial score (nSPS) is 11.6. The Morgan fingerprint density at radius 3 is 2.08 bits per heavy atom. The predicted octanol–water partition coefficient (Wildman–Crippen LogP) is -0.159. The molecule has 0 spiro atoms. The van der Waals surface area contributed by atoms with Crippen molar-refractivity contribution in [3.63, 3.8) is 0 Å². The Hall–Kier alpha value is -0.820. The van der Waals surface area contributed by atoms with E-state index in [1.165, 1.54) is 4.72 Å². The van der Waals surface area contributed by atoms with E-state index in [1.54, 1.807) is 13.8 Å². The topological polar surface area (TPSA) is 86.7 Å². The first-order chi connectivity index (χ1) is 5.44. The van der Waals surface area contributed by atoms with Crippen molar-refractivity contribution in [3.05, 3.63) is 0 Å². The van der Waals surface area contributed by atoms with Gasteiger partial charge in [0.25, 0.3) is 0 Å². The highest BCUT2D eigenvalue weighted by Gasteiger charge is 2.20. The van der Waals surface area contributed by atoms with E-state index in [2.05, 4.69) is 0 Å². The van der Waals surface area contributed by atoms with Gasteiger partial charge < -0.3 is 5.11 Å². The van der Waals surface area contributed by atoms with Crippen molar-refractivity contribution in [2.24, 2.45) is 0 Å². The number of carboxylic acid groups (broad SMARTS) is 1. The van der Waals surface area contributed by atoms with Gasteiger partial charge in [-0.15, -0.1) is 0 Å². The molecule has 0 saturated heterocycles. The van der Waals surface area contributed by atoms with Crippen LogP contribution in [0.1, 0.15) is 13.8 Å². The van der Waals surface area contributed by atoms with E-state index in [0.717, 1.165) is 4.31 Å². The number of amides is 1. The molecule has 0 aromatic rings. The third-order valence-corrected chi connectivity index (χ3v) is 2.89. The summed E-state index contributed by atoms with van der Waals surface area (Å²) in [5, 5.41) is 8.17. The minimum Gasteiger partial charge on any atom is -0.464 e.